The molecule has 3 heteroatoms. The van der Waals surface area contributed by atoms with Crippen LogP contribution in [-0.4, -0.2) is 18.5 Å². The van der Waals surface area contributed by atoms with Crippen molar-refractivity contribution in [3.63, 3.8) is 0 Å². The average Bonchev–Trinajstić information content (AvgIpc) is 2.61. The van der Waals surface area contributed by atoms with E-state index in [0.29, 0.717) is 12.3 Å². The summed E-state index contributed by atoms with van der Waals surface area (Å²) in [7, 11) is 0. The van der Waals surface area contributed by atoms with Gasteiger partial charge in [-0.25, -0.2) is 0 Å². The minimum atomic E-state index is 0.0333. The summed E-state index contributed by atoms with van der Waals surface area (Å²) in [5.74, 6) is 1.58. The van der Waals surface area contributed by atoms with Crippen LogP contribution in [0, 0.1) is 11.8 Å². The van der Waals surface area contributed by atoms with E-state index in [0.717, 1.165) is 25.3 Å². The van der Waals surface area contributed by atoms with Crippen molar-refractivity contribution in [2.75, 3.05) is 6.54 Å². The van der Waals surface area contributed by atoms with Gasteiger partial charge < -0.3 is 11.1 Å². The molecule has 0 spiro atoms. The molecule has 1 aliphatic carbocycles. The zero-order chi connectivity index (χ0) is 12.0. The lowest BCUT2D eigenvalue weighted by atomic mass is 9.98. The third-order valence-corrected chi connectivity index (χ3v) is 3.71. The summed E-state index contributed by atoms with van der Waals surface area (Å²) in [6.07, 6.45) is 6.37. The van der Waals surface area contributed by atoms with Gasteiger partial charge in [0.05, 0.1) is 0 Å². The van der Waals surface area contributed by atoms with E-state index in [4.69, 9.17) is 5.73 Å². The van der Waals surface area contributed by atoms with Gasteiger partial charge in [-0.3, -0.25) is 4.79 Å². The predicted molar refractivity (Wildman–Crippen MR) is 67.0 cm³/mol. The number of hydrogen-bond acceptors (Lipinski definition) is 2. The van der Waals surface area contributed by atoms with Gasteiger partial charge in [-0.2, -0.15) is 0 Å². The standard InChI is InChI=1S/C13H26N2O/c1-3-5-12(14)8-13(16)15-9-11-7-4-6-10(11)2/h10-12H,3-9,14H2,1-2H3,(H,15,16). The summed E-state index contributed by atoms with van der Waals surface area (Å²) in [6, 6.07) is 0.0333. The Morgan fingerprint density at radius 3 is 2.81 bits per heavy atom. The van der Waals surface area contributed by atoms with Crippen molar-refractivity contribution < 1.29 is 4.79 Å². The minimum Gasteiger partial charge on any atom is -0.356 e. The smallest absolute Gasteiger partial charge is 0.221 e. The molecule has 3 nitrogen and oxygen atoms in total. The monoisotopic (exact) mass is 226 g/mol. The van der Waals surface area contributed by atoms with E-state index in [1.807, 2.05) is 0 Å². The van der Waals surface area contributed by atoms with Crippen LogP contribution in [0.4, 0.5) is 0 Å². The quantitative estimate of drug-likeness (QED) is 0.728. The number of nitrogens with two attached hydrogens (primary N) is 1. The van der Waals surface area contributed by atoms with Gasteiger partial charge in [0, 0.05) is 19.0 Å². The van der Waals surface area contributed by atoms with Gasteiger partial charge in [-0.1, -0.05) is 33.1 Å². The van der Waals surface area contributed by atoms with E-state index in [9.17, 15) is 4.79 Å². The fraction of sp³-hybridized carbons (Fsp3) is 0.923. The lowest BCUT2D eigenvalue weighted by molar-refractivity contribution is -0.121. The van der Waals surface area contributed by atoms with E-state index in [1.54, 1.807) is 0 Å². The number of amides is 1. The van der Waals surface area contributed by atoms with Gasteiger partial charge in [-0.15, -0.1) is 0 Å². The third-order valence-electron chi connectivity index (χ3n) is 3.71. The first kappa shape index (κ1) is 13.5. The summed E-state index contributed by atoms with van der Waals surface area (Å²) in [5.41, 5.74) is 5.84. The van der Waals surface area contributed by atoms with E-state index in [1.165, 1.54) is 19.3 Å². The summed E-state index contributed by atoms with van der Waals surface area (Å²) in [5, 5.41) is 3.03. The van der Waals surface area contributed by atoms with Gasteiger partial charge in [0.2, 0.25) is 5.91 Å². The molecular weight excluding hydrogens is 200 g/mol. The molecule has 0 heterocycles. The number of rotatable bonds is 6. The maximum atomic E-state index is 11.6. The maximum Gasteiger partial charge on any atom is 0.221 e. The number of hydrogen-bond donors (Lipinski definition) is 2. The molecule has 94 valence electrons. The molecule has 1 aliphatic rings. The van der Waals surface area contributed by atoms with Crippen molar-refractivity contribution in [1.29, 1.82) is 0 Å². The zero-order valence-corrected chi connectivity index (χ0v) is 10.7. The Balaban J connectivity index is 2.14. The Morgan fingerprint density at radius 1 is 1.50 bits per heavy atom. The van der Waals surface area contributed by atoms with E-state index >= 15 is 0 Å². The fourth-order valence-electron chi connectivity index (χ4n) is 2.55. The molecule has 0 aromatic carbocycles. The van der Waals surface area contributed by atoms with Crippen LogP contribution in [0.25, 0.3) is 0 Å². The SMILES string of the molecule is CCCC(N)CC(=O)NCC1CCCC1C. The lowest BCUT2D eigenvalue weighted by Gasteiger charge is -2.17. The normalized spacial score (nSPS) is 26.7. The molecule has 16 heavy (non-hydrogen) atoms. The Labute approximate surface area is 99.2 Å². The second-order valence-electron chi connectivity index (χ2n) is 5.23. The Hall–Kier alpha value is -0.570. The van der Waals surface area contributed by atoms with Crippen LogP contribution < -0.4 is 11.1 Å². The maximum absolute atomic E-state index is 11.6. The summed E-state index contributed by atoms with van der Waals surface area (Å²) < 4.78 is 0. The van der Waals surface area contributed by atoms with Crippen molar-refractivity contribution in [3.8, 4) is 0 Å². The number of carbonyl (C=O) groups excluding carboxylic acids is 1. The average molecular weight is 226 g/mol. The van der Waals surface area contributed by atoms with Gasteiger partial charge in [0.1, 0.15) is 0 Å². The van der Waals surface area contributed by atoms with Crippen LogP contribution in [0.3, 0.4) is 0 Å². The van der Waals surface area contributed by atoms with Gasteiger partial charge in [-0.05, 0) is 24.7 Å². The summed E-state index contributed by atoms with van der Waals surface area (Å²) in [6.45, 7) is 5.23. The molecule has 0 aromatic rings. The molecule has 1 amide bonds. The van der Waals surface area contributed by atoms with E-state index < -0.39 is 0 Å². The molecule has 0 aliphatic heterocycles. The molecule has 0 radical (unpaired) electrons. The van der Waals surface area contributed by atoms with Crippen molar-refractivity contribution in [2.45, 2.75) is 58.4 Å². The molecular formula is C13H26N2O. The van der Waals surface area contributed by atoms with Crippen LogP contribution in [0.2, 0.25) is 0 Å². The fourth-order valence-corrected chi connectivity index (χ4v) is 2.55. The zero-order valence-electron chi connectivity index (χ0n) is 10.7. The van der Waals surface area contributed by atoms with E-state index in [2.05, 4.69) is 19.2 Å². The first-order valence-electron chi connectivity index (χ1n) is 6.65. The molecule has 0 aromatic heterocycles. The van der Waals surface area contributed by atoms with Crippen molar-refractivity contribution in [3.05, 3.63) is 0 Å². The summed E-state index contributed by atoms with van der Waals surface area (Å²) >= 11 is 0. The van der Waals surface area contributed by atoms with Crippen molar-refractivity contribution in [2.24, 2.45) is 17.6 Å². The van der Waals surface area contributed by atoms with Crippen molar-refractivity contribution >= 4 is 5.91 Å². The van der Waals surface area contributed by atoms with Crippen LogP contribution in [0.15, 0.2) is 0 Å². The Morgan fingerprint density at radius 2 is 2.25 bits per heavy atom. The molecule has 3 atom stereocenters. The summed E-state index contributed by atoms with van der Waals surface area (Å²) in [4.78, 5) is 11.6. The van der Waals surface area contributed by atoms with Crippen LogP contribution in [0.1, 0.15) is 52.4 Å². The van der Waals surface area contributed by atoms with Crippen LogP contribution >= 0.6 is 0 Å². The minimum absolute atomic E-state index is 0.0333. The van der Waals surface area contributed by atoms with Crippen molar-refractivity contribution in [1.82, 2.24) is 5.32 Å². The molecule has 1 saturated carbocycles. The first-order valence-corrected chi connectivity index (χ1v) is 6.65. The molecule has 1 fully saturated rings. The highest BCUT2D eigenvalue weighted by atomic mass is 16.1. The second kappa shape index (κ2) is 6.89. The van der Waals surface area contributed by atoms with Crippen LogP contribution in [-0.2, 0) is 4.79 Å². The number of carbonyl (C=O) groups is 1. The highest BCUT2D eigenvalue weighted by molar-refractivity contribution is 5.76. The second-order valence-corrected chi connectivity index (χ2v) is 5.23. The van der Waals surface area contributed by atoms with Gasteiger partial charge in [0.25, 0.3) is 0 Å². The number of nitrogens with one attached hydrogen (secondary N) is 1. The van der Waals surface area contributed by atoms with Gasteiger partial charge in [0.15, 0.2) is 0 Å². The topological polar surface area (TPSA) is 55.1 Å². The predicted octanol–water partition coefficient (Wildman–Crippen LogP) is 2.06. The van der Waals surface area contributed by atoms with Crippen LogP contribution in [0.5, 0.6) is 0 Å². The molecule has 0 saturated heterocycles. The molecule has 0 bridgehead atoms. The Bertz CT molecular complexity index is 218. The Kier molecular flexibility index (Phi) is 5.81. The van der Waals surface area contributed by atoms with Gasteiger partial charge >= 0.3 is 0 Å². The molecule has 1 rings (SSSR count). The molecule has 3 N–H and O–H groups in total. The molecule has 3 unspecified atom stereocenters. The lowest BCUT2D eigenvalue weighted by Crippen LogP contribution is -2.34. The highest BCUT2D eigenvalue weighted by Gasteiger charge is 2.23. The highest BCUT2D eigenvalue weighted by Crippen LogP contribution is 2.30. The van der Waals surface area contributed by atoms with E-state index in [-0.39, 0.29) is 11.9 Å². The largest absolute Gasteiger partial charge is 0.356 e. The first-order chi connectivity index (χ1) is 7.63. The third kappa shape index (κ3) is 4.52.